The monoisotopic (exact) mass is 452 g/mol. The first-order chi connectivity index (χ1) is 14.8. The molecule has 0 spiro atoms. The maximum atomic E-state index is 12.2. The Hall–Kier alpha value is -2.17. The molecular weight excluding hydrogens is 420 g/mol. The summed E-state index contributed by atoms with van der Waals surface area (Å²) in [5, 5.41) is 2.74. The standard InChI is InChI=1S/C21H32N4O5S/c1-3-23-12-14-24(15-13-23)19-6-4-18(5-7-19)22-20(26)16-30-21(27)17-8-10-25(11-9-17)31(2,28)29/h4-7,17H,3,8-16H2,1-2H3,(H,22,26). The van der Waals surface area contributed by atoms with Crippen molar-refractivity contribution in [1.82, 2.24) is 9.21 Å². The lowest BCUT2D eigenvalue weighted by molar-refractivity contribution is -0.152. The van der Waals surface area contributed by atoms with E-state index in [4.69, 9.17) is 4.74 Å². The van der Waals surface area contributed by atoms with Crippen molar-refractivity contribution in [2.75, 3.05) is 68.9 Å². The minimum Gasteiger partial charge on any atom is -0.455 e. The molecule has 2 saturated heterocycles. The van der Waals surface area contributed by atoms with E-state index in [0.29, 0.717) is 31.6 Å². The Kier molecular flexibility index (Phi) is 7.90. The van der Waals surface area contributed by atoms with Crippen molar-refractivity contribution in [2.45, 2.75) is 19.8 Å². The normalized spacial score (nSPS) is 19.2. The molecule has 2 fully saturated rings. The quantitative estimate of drug-likeness (QED) is 0.616. The number of ether oxygens (including phenoxy) is 1. The molecule has 1 amide bonds. The molecule has 0 aromatic heterocycles. The maximum Gasteiger partial charge on any atom is 0.309 e. The minimum atomic E-state index is -3.24. The van der Waals surface area contributed by atoms with Gasteiger partial charge in [-0.3, -0.25) is 9.59 Å². The first kappa shape index (κ1) is 23.5. The highest BCUT2D eigenvalue weighted by atomic mass is 32.2. The van der Waals surface area contributed by atoms with Gasteiger partial charge in [-0.2, -0.15) is 0 Å². The molecule has 1 aromatic rings. The summed E-state index contributed by atoms with van der Waals surface area (Å²) in [6, 6.07) is 7.67. The van der Waals surface area contributed by atoms with Crippen LogP contribution >= 0.6 is 0 Å². The number of amides is 1. The second kappa shape index (κ2) is 10.4. The SMILES string of the molecule is CCN1CCN(c2ccc(NC(=O)COC(=O)C3CCN(S(C)(=O)=O)CC3)cc2)CC1. The zero-order valence-corrected chi connectivity index (χ0v) is 19.1. The number of benzene rings is 1. The van der Waals surface area contributed by atoms with Gasteiger partial charge >= 0.3 is 5.97 Å². The van der Waals surface area contributed by atoms with E-state index in [1.54, 1.807) is 0 Å². The number of esters is 1. The number of hydrogen-bond acceptors (Lipinski definition) is 7. The minimum absolute atomic E-state index is 0.296. The number of carbonyl (C=O) groups excluding carboxylic acids is 2. The Labute approximate surface area is 184 Å². The van der Waals surface area contributed by atoms with E-state index in [1.165, 1.54) is 4.31 Å². The molecule has 31 heavy (non-hydrogen) atoms. The summed E-state index contributed by atoms with van der Waals surface area (Å²) in [4.78, 5) is 29.1. The maximum absolute atomic E-state index is 12.2. The number of piperidine rings is 1. The van der Waals surface area contributed by atoms with Gasteiger partial charge in [-0.05, 0) is 43.7 Å². The topological polar surface area (TPSA) is 99.3 Å². The lowest BCUT2D eigenvalue weighted by Crippen LogP contribution is -2.46. The Morgan fingerprint density at radius 3 is 2.19 bits per heavy atom. The van der Waals surface area contributed by atoms with Crippen LogP contribution in [0.2, 0.25) is 0 Å². The number of rotatable bonds is 7. The Balaban J connectivity index is 1.40. The van der Waals surface area contributed by atoms with Crippen LogP contribution in [0.1, 0.15) is 19.8 Å². The summed E-state index contributed by atoms with van der Waals surface area (Å²) in [7, 11) is -3.24. The molecule has 9 nitrogen and oxygen atoms in total. The van der Waals surface area contributed by atoms with Crippen LogP contribution in [0.15, 0.2) is 24.3 Å². The van der Waals surface area contributed by atoms with Crippen LogP contribution in [0.5, 0.6) is 0 Å². The van der Waals surface area contributed by atoms with Crippen molar-refractivity contribution >= 4 is 33.3 Å². The fraction of sp³-hybridized carbons (Fsp3) is 0.619. The summed E-state index contributed by atoms with van der Waals surface area (Å²) in [5.74, 6) is -1.23. The average Bonchev–Trinajstić information content (AvgIpc) is 2.77. The number of nitrogens with one attached hydrogen (secondary N) is 1. The van der Waals surface area contributed by atoms with Crippen molar-refractivity contribution in [3.8, 4) is 0 Å². The van der Waals surface area contributed by atoms with Crippen molar-refractivity contribution in [3.05, 3.63) is 24.3 Å². The van der Waals surface area contributed by atoms with E-state index in [9.17, 15) is 18.0 Å². The Bertz CT molecular complexity index is 858. The number of hydrogen-bond donors (Lipinski definition) is 1. The lowest BCUT2D eigenvalue weighted by Gasteiger charge is -2.35. The molecule has 0 aliphatic carbocycles. The summed E-state index contributed by atoms with van der Waals surface area (Å²) in [6.45, 7) is 7.55. The third kappa shape index (κ3) is 6.65. The van der Waals surface area contributed by atoms with Crippen LogP contribution in [0.3, 0.4) is 0 Å². The molecule has 3 rings (SSSR count). The van der Waals surface area contributed by atoms with E-state index >= 15 is 0 Å². The van der Waals surface area contributed by atoms with E-state index in [2.05, 4.69) is 22.0 Å². The van der Waals surface area contributed by atoms with Crippen LogP contribution < -0.4 is 10.2 Å². The van der Waals surface area contributed by atoms with Gasteiger partial charge in [-0.15, -0.1) is 0 Å². The molecule has 0 saturated carbocycles. The zero-order chi connectivity index (χ0) is 22.4. The molecule has 172 valence electrons. The van der Waals surface area contributed by atoms with Crippen LogP contribution in [0.25, 0.3) is 0 Å². The van der Waals surface area contributed by atoms with Gasteiger partial charge in [-0.1, -0.05) is 6.92 Å². The van der Waals surface area contributed by atoms with Gasteiger partial charge in [0, 0.05) is 50.6 Å². The van der Waals surface area contributed by atoms with Crippen molar-refractivity contribution in [1.29, 1.82) is 0 Å². The number of anilines is 2. The van der Waals surface area contributed by atoms with Crippen molar-refractivity contribution in [2.24, 2.45) is 5.92 Å². The molecule has 1 aromatic carbocycles. The fourth-order valence-electron chi connectivity index (χ4n) is 3.95. The Morgan fingerprint density at radius 1 is 1.03 bits per heavy atom. The molecule has 2 heterocycles. The highest BCUT2D eigenvalue weighted by Gasteiger charge is 2.30. The number of carbonyl (C=O) groups is 2. The second-order valence-corrected chi connectivity index (χ2v) is 10.0. The number of sulfonamides is 1. The first-order valence-corrected chi connectivity index (χ1v) is 12.6. The van der Waals surface area contributed by atoms with E-state index in [1.807, 2.05) is 24.3 Å². The molecule has 0 radical (unpaired) electrons. The molecule has 0 unspecified atom stereocenters. The molecule has 2 aliphatic heterocycles. The fourth-order valence-corrected chi connectivity index (χ4v) is 4.83. The Morgan fingerprint density at radius 2 is 1.65 bits per heavy atom. The predicted molar refractivity (Wildman–Crippen MR) is 119 cm³/mol. The number of nitrogens with zero attached hydrogens (tertiary/aromatic N) is 3. The summed E-state index contributed by atoms with van der Waals surface area (Å²) in [5.41, 5.74) is 1.78. The molecule has 1 N–H and O–H groups in total. The van der Waals surface area contributed by atoms with Gasteiger partial charge in [0.25, 0.3) is 5.91 Å². The van der Waals surface area contributed by atoms with Crippen molar-refractivity contribution in [3.63, 3.8) is 0 Å². The zero-order valence-electron chi connectivity index (χ0n) is 18.2. The number of piperazine rings is 1. The highest BCUT2D eigenvalue weighted by molar-refractivity contribution is 7.88. The van der Waals surface area contributed by atoms with Crippen LogP contribution in [-0.4, -0.2) is 88.2 Å². The van der Waals surface area contributed by atoms with Crippen LogP contribution in [0, 0.1) is 5.92 Å². The highest BCUT2D eigenvalue weighted by Crippen LogP contribution is 2.21. The molecule has 2 aliphatic rings. The summed E-state index contributed by atoms with van der Waals surface area (Å²) >= 11 is 0. The average molecular weight is 453 g/mol. The van der Waals surface area contributed by atoms with Crippen molar-refractivity contribution < 1.29 is 22.7 Å². The first-order valence-electron chi connectivity index (χ1n) is 10.7. The van der Waals surface area contributed by atoms with E-state index in [0.717, 1.165) is 44.7 Å². The van der Waals surface area contributed by atoms with Gasteiger partial charge in [0.05, 0.1) is 12.2 Å². The van der Waals surface area contributed by atoms with Crippen LogP contribution in [0.4, 0.5) is 11.4 Å². The van der Waals surface area contributed by atoms with Gasteiger partial charge in [-0.25, -0.2) is 12.7 Å². The third-order valence-electron chi connectivity index (χ3n) is 5.94. The van der Waals surface area contributed by atoms with Gasteiger partial charge in [0.2, 0.25) is 10.0 Å². The largest absolute Gasteiger partial charge is 0.455 e. The second-order valence-electron chi connectivity index (χ2n) is 8.06. The lowest BCUT2D eigenvalue weighted by atomic mass is 9.98. The summed E-state index contributed by atoms with van der Waals surface area (Å²) in [6.07, 6.45) is 1.97. The smallest absolute Gasteiger partial charge is 0.309 e. The van der Waals surface area contributed by atoms with Gasteiger partial charge in [0.1, 0.15) is 0 Å². The van der Waals surface area contributed by atoms with Crippen LogP contribution in [-0.2, 0) is 24.3 Å². The predicted octanol–water partition coefficient (Wildman–Crippen LogP) is 0.982. The third-order valence-corrected chi connectivity index (χ3v) is 7.24. The molecule has 0 bridgehead atoms. The molecule has 0 atom stereocenters. The van der Waals surface area contributed by atoms with Gasteiger partial charge < -0.3 is 19.9 Å². The van der Waals surface area contributed by atoms with E-state index in [-0.39, 0.29) is 12.5 Å². The van der Waals surface area contributed by atoms with E-state index < -0.39 is 21.9 Å². The number of likely N-dealkylation sites (N-methyl/N-ethyl adjacent to an activating group) is 1. The van der Waals surface area contributed by atoms with Gasteiger partial charge in [0.15, 0.2) is 6.61 Å². The molecule has 10 heteroatoms. The summed E-state index contributed by atoms with van der Waals surface area (Å²) < 4.78 is 29.6. The molecular formula is C21H32N4O5S.